The molecular weight excluding hydrogens is 384 g/mol. The highest BCUT2D eigenvalue weighted by molar-refractivity contribution is 6.01. The maximum atomic E-state index is 12.9. The molecule has 1 saturated carbocycles. The Kier molecular flexibility index (Phi) is 3.40. The average Bonchev–Trinajstić information content (AvgIpc) is 3.13. The van der Waals surface area contributed by atoms with Gasteiger partial charge in [0.1, 0.15) is 0 Å². The second-order valence-corrected chi connectivity index (χ2v) is 9.47. The summed E-state index contributed by atoms with van der Waals surface area (Å²) in [5.74, 6) is -0.0211. The van der Waals surface area contributed by atoms with Crippen molar-refractivity contribution in [2.75, 3.05) is 38.0 Å². The first kappa shape index (κ1) is 18.5. The standard InChI is InChI=1S/C27H26N2O2/c1-16-6-15-21-23-22(16)24-26(27(23,24)31-25(21)30,17-7-11-19(12-8-17)28(2)3)18-9-13-20(14-10-18)29(4)5/h6-15,24H,1-5H3. The SMILES string of the molecule is Cc1ccc2c3c1C1C3(OC2=O)C1(c1ccc(N(C)C)cc1)c1ccc(N(C)C)cc1. The van der Waals surface area contributed by atoms with Crippen LogP contribution < -0.4 is 9.80 Å². The van der Waals surface area contributed by atoms with Gasteiger partial charge in [0.25, 0.3) is 0 Å². The summed E-state index contributed by atoms with van der Waals surface area (Å²) in [6.45, 7) is 2.15. The molecule has 0 saturated heterocycles. The van der Waals surface area contributed by atoms with Crippen molar-refractivity contribution in [3.05, 3.63) is 94.0 Å². The van der Waals surface area contributed by atoms with Crippen LogP contribution in [0.25, 0.3) is 0 Å². The van der Waals surface area contributed by atoms with Crippen molar-refractivity contribution in [1.29, 1.82) is 0 Å². The van der Waals surface area contributed by atoms with Gasteiger partial charge in [-0.25, -0.2) is 4.79 Å². The third-order valence-corrected chi connectivity index (χ3v) is 7.62. The largest absolute Gasteiger partial charge is 0.448 e. The van der Waals surface area contributed by atoms with Gasteiger partial charge in [-0.1, -0.05) is 30.3 Å². The minimum Gasteiger partial charge on any atom is -0.448 e. The minimum atomic E-state index is -0.569. The van der Waals surface area contributed by atoms with E-state index in [0.717, 1.165) is 22.5 Å². The predicted octanol–water partition coefficient (Wildman–Crippen LogP) is 4.59. The molecule has 2 aliphatic carbocycles. The Morgan fingerprint density at radius 1 is 0.774 bits per heavy atom. The lowest BCUT2D eigenvalue weighted by Crippen LogP contribution is -2.26. The highest BCUT2D eigenvalue weighted by Crippen LogP contribution is 2.87. The second-order valence-electron chi connectivity index (χ2n) is 9.47. The molecule has 3 aromatic rings. The van der Waals surface area contributed by atoms with E-state index in [1.807, 2.05) is 6.07 Å². The molecule has 3 aliphatic rings. The van der Waals surface area contributed by atoms with Gasteiger partial charge in [0.2, 0.25) is 0 Å². The zero-order valence-corrected chi connectivity index (χ0v) is 18.6. The van der Waals surface area contributed by atoms with E-state index in [2.05, 4.69) is 99.5 Å². The molecule has 2 atom stereocenters. The van der Waals surface area contributed by atoms with Crippen molar-refractivity contribution >= 4 is 17.3 Å². The number of aryl methyl sites for hydroxylation is 1. The molecule has 3 aromatic carbocycles. The van der Waals surface area contributed by atoms with Crippen LogP contribution in [0, 0.1) is 6.92 Å². The van der Waals surface area contributed by atoms with E-state index in [1.54, 1.807) is 0 Å². The number of nitrogens with zero attached hydrogens (tertiary/aromatic N) is 2. The molecule has 1 spiro atoms. The molecule has 6 rings (SSSR count). The van der Waals surface area contributed by atoms with Gasteiger partial charge in [0, 0.05) is 51.0 Å². The molecular formula is C27H26N2O2. The Morgan fingerprint density at radius 2 is 1.29 bits per heavy atom. The van der Waals surface area contributed by atoms with E-state index < -0.39 is 5.60 Å². The van der Waals surface area contributed by atoms with Gasteiger partial charge in [0.15, 0.2) is 5.60 Å². The van der Waals surface area contributed by atoms with Crippen molar-refractivity contribution in [1.82, 2.24) is 0 Å². The Labute approximate surface area is 183 Å². The van der Waals surface area contributed by atoms with Crippen molar-refractivity contribution in [2.45, 2.75) is 23.9 Å². The third kappa shape index (κ3) is 1.94. The van der Waals surface area contributed by atoms with Crippen LogP contribution in [0.2, 0.25) is 0 Å². The van der Waals surface area contributed by atoms with Crippen LogP contribution in [0.3, 0.4) is 0 Å². The molecule has 4 nitrogen and oxygen atoms in total. The number of carbonyl (C=O) groups is 1. The highest BCUT2D eigenvalue weighted by Gasteiger charge is 2.91. The molecule has 2 unspecified atom stereocenters. The van der Waals surface area contributed by atoms with Gasteiger partial charge >= 0.3 is 5.97 Å². The summed E-state index contributed by atoms with van der Waals surface area (Å²) in [5, 5.41) is 0. The number of esters is 1. The maximum absolute atomic E-state index is 12.9. The quantitative estimate of drug-likeness (QED) is 0.589. The number of benzene rings is 3. The molecule has 0 bridgehead atoms. The normalized spacial score (nSPS) is 23.4. The van der Waals surface area contributed by atoms with E-state index in [4.69, 9.17) is 4.74 Å². The fraction of sp³-hybridized carbons (Fsp3) is 0.296. The minimum absolute atomic E-state index is 0.164. The van der Waals surface area contributed by atoms with Crippen LogP contribution in [-0.4, -0.2) is 34.2 Å². The van der Waals surface area contributed by atoms with Crippen LogP contribution in [0.4, 0.5) is 11.4 Å². The monoisotopic (exact) mass is 410 g/mol. The molecule has 1 aliphatic heterocycles. The van der Waals surface area contributed by atoms with Crippen molar-refractivity contribution in [3.8, 4) is 0 Å². The van der Waals surface area contributed by atoms with Gasteiger partial charge in [-0.15, -0.1) is 0 Å². The highest BCUT2D eigenvalue weighted by atomic mass is 16.6. The first-order chi connectivity index (χ1) is 14.8. The topological polar surface area (TPSA) is 32.8 Å². The summed E-state index contributed by atoms with van der Waals surface area (Å²) in [5.41, 5.74) is 8.19. The number of fused-ring (bicyclic) bond motifs is 1. The lowest BCUT2D eigenvalue weighted by atomic mass is 9.81. The zero-order valence-electron chi connectivity index (χ0n) is 18.6. The fourth-order valence-electron chi connectivity index (χ4n) is 6.16. The lowest BCUT2D eigenvalue weighted by Gasteiger charge is -2.26. The van der Waals surface area contributed by atoms with Gasteiger partial charge in [-0.3, -0.25) is 0 Å². The van der Waals surface area contributed by atoms with E-state index >= 15 is 0 Å². The summed E-state index contributed by atoms with van der Waals surface area (Å²) >= 11 is 0. The zero-order chi connectivity index (χ0) is 21.7. The molecule has 0 N–H and O–H groups in total. The third-order valence-electron chi connectivity index (χ3n) is 7.62. The van der Waals surface area contributed by atoms with Crippen LogP contribution >= 0.6 is 0 Å². The van der Waals surface area contributed by atoms with Crippen LogP contribution in [0.15, 0.2) is 60.7 Å². The number of rotatable bonds is 4. The summed E-state index contributed by atoms with van der Waals surface area (Å²) in [4.78, 5) is 17.1. The smallest absolute Gasteiger partial charge is 0.339 e. The fourth-order valence-corrected chi connectivity index (χ4v) is 6.16. The van der Waals surface area contributed by atoms with Crippen molar-refractivity contribution in [3.63, 3.8) is 0 Å². The van der Waals surface area contributed by atoms with Crippen LogP contribution in [0.1, 0.15) is 44.1 Å². The van der Waals surface area contributed by atoms with E-state index in [0.29, 0.717) is 0 Å². The first-order valence-electron chi connectivity index (χ1n) is 10.8. The Balaban J connectivity index is 1.59. The molecule has 156 valence electrons. The number of carbonyl (C=O) groups excluding carboxylic acids is 1. The van der Waals surface area contributed by atoms with Crippen molar-refractivity contribution in [2.24, 2.45) is 0 Å². The van der Waals surface area contributed by atoms with Crippen LogP contribution in [0.5, 0.6) is 0 Å². The number of hydrogen-bond donors (Lipinski definition) is 0. The summed E-state index contributed by atoms with van der Waals surface area (Å²) < 4.78 is 6.25. The molecule has 0 aromatic heterocycles. The number of ether oxygens (including phenoxy) is 1. The van der Waals surface area contributed by atoms with Gasteiger partial charge in [0.05, 0.1) is 11.0 Å². The molecule has 1 fully saturated rings. The molecule has 0 radical (unpaired) electrons. The maximum Gasteiger partial charge on any atom is 0.339 e. The Hall–Kier alpha value is -3.27. The second kappa shape index (κ2) is 5.70. The molecule has 0 amide bonds. The van der Waals surface area contributed by atoms with E-state index in [1.165, 1.54) is 22.3 Å². The van der Waals surface area contributed by atoms with Crippen molar-refractivity contribution < 1.29 is 9.53 Å². The van der Waals surface area contributed by atoms with Crippen LogP contribution in [-0.2, 0) is 15.8 Å². The summed E-state index contributed by atoms with van der Waals surface area (Å²) in [7, 11) is 8.20. The van der Waals surface area contributed by atoms with E-state index in [9.17, 15) is 4.79 Å². The number of anilines is 2. The summed E-state index contributed by atoms with van der Waals surface area (Å²) in [6, 6.07) is 21.5. The Morgan fingerprint density at radius 3 is 1.77 bits per heavy atom. The predicted molar refractivity (Wildman–Crippen MR) is 123 cm³/mol. The molecule has 31 heavy (non-hydrogen) atoms. The van der Waals surface area contributed by atoms with Gasteiger partial charge in [-0.2, -0.15) is 0 Å². The van der Waals surface area contributed by atoms with E-state index in [-0.39, 0.29) is 17.3 Å². The first-order valence-corrected chi connectivity index (χ1v) is 10.8. The Bertz CT molecular complexity index is 1190. The summed E-state index contributed by atoms with van der Waals surface area (Å²) in [6.07, 6.45) is 0. The number of hydrogen-bond acceptors (Lipinski definition) is 4. The average molecular weight is 411 g/mol. The van der Waals surface area contributed by atoms with Gasteiger partial charge in [-0.05, 0) is 59.5 Å². The lowest BCUT2D eigenvalue weighted by molar-refractivity contribution is 0.0212. The molecule has 4 heteroatoms. The molecule has 1 heterocycles. The van der Waals surface area contributed by atoms with Gasteiger partial charge < -0.3 is 14.5 Å².